The highest BCUT2D eigenvalue weighted by Crippen LogP contribution is 2.23. The van der Waals surface area contributed by atoms with Gasteiger partial charge in [0.2, 0.25) is 0 Å². The highest BCUT2D eigenvalue weighted by Gasteiger charge is 2.01. The zero-order valence-electron chi connectivity index (χ0n) is 7.24. The number of rotatable bonds is 3. The van der Waals surface area contributed by atoms with E-state index in [1.807, 2.05) is 24.3 Å². The van der Waals surface area contributed by atoms with E-state index in [1.54, 1.807) is 14.0 Å². The lowest BCUT2D eigenvalue weighted by molar-refractivity contribution is 0.224. The fourth-order valence-corrected chi connectivity index (χ4v) is 0.989. The number of benzene rings is 1. The predicted octanol–water partition coefficient (Wildman–Crippen LogP) is 1.45. The predicted molar refractivity (Wildman–Crippen MR) is 48.3 cm³/mol. The highest BCUT2D eigenvalue weighted by molar-refractivity contribution is 5.56. The molecule has 0 saturated heterocycles. The smallest absolute Gasteiger partial charge is 0.142 e. The Morgan fingerprint density at radius 1 is 1.42 bits per heavy atom. The van der Waals surface area contributed by atoms with E-state index in [9.17, 15) is 0 Å². The van der Waals surface area contributed by atoms with Gasteiger partial charge in [-0.25, -0.2) is 0 Å². The Labute approximate surface area is 72.0 Å². The molecule has 0 radical (unpaired) electrons. The molecule has 0 aliphatic carbocycles. The molecule has 0 spiro atoms. The molecule has 0 amide bonds. The second kappa shape index (κ2) is 3.97. The molecule has 0 aliphatic rings. The van der Waals surface area contributed by atoms with E-state index >= 15 is 0 Å². The fraction of sp³-hybridized carbons (Fsp3) is 0.333. The van der Waals surface area contributed by atoms with Gasteiger partial charge in [0.05, 0.1) is 12.8 Å². The van der Waals surface area contributed by atoms with Crippen LogP contribution in [0.2, 0.25) is 0 Å². The zero-order chi connectivity index (χ0) is 8.97. The Balaban J connectivity index is 2.82. The number of hydrogen-bond acceptors (Lipinski definition) is 3. The van der Waals surface area contributed by atoms with Crippen LogP contribution < -0.4 is 10.1 Å². The van der Waals surface area contributed by atoms with Crippen molar-refractivity contribution < 1.29 is 9.84 Å². The van der Waals surface area contributed by atoms with Crippen molar-refractivity contribution >= 4 is 5.69 Å². The Kier molecular flexibility index (Phi) is 2.94. The van der Waals surface area contributed by atoms with Crippen LogP contribution in [0.4, 0.5) is 5.69 Å². The maximum absolute atomic E-state index is 9.06. The number of para-hydroxylation sites is 2. The molecule has 1 aromatic carbocycles. The van der Waals surface area contributed by atoms with E-state index in [-0.39, 0.29) is 0 Å². The van der Waals surface area contributed by atoms with E-state index in [2.05, 4.69) is 5.32 Å². The summed E-state index contributed by atoms with van der Waals surface area (Å²) in [6.07, 6.45) is -0.568. The summed E-state index contributed by atoms with van der Waals surface area (Å²) in [5.41, 5.74) is 0.801. The van der Waals surface area contributed by atoms with Crippen molar-refractivity contribution in [3.63, 3.8) is 0 Å². The van der Waals surface area contributed by atoms with Crippen molar-refractivity contribution in [2.24, 2.45) is 0 Å². The Hall–Kier alpha value is -1.22. The first-order valence-electron chi connectivity index (χ1n) is 3.81. The van der Waals surface area contributed by atoms with Gasteiger partial charge in [-0.1, -0.05) is 12.1 Å². The SMILES string of the molecule is COc1ccccc1NC(C)O. The molecule has 0 fully saturated rings. The fourth-order valence-electron chi connectivity index (χ4n) is 0.989. The first-order valence-corrected chi connectivity index (χ1v) is 3.81. The van der Waals surface area contributed by atoms with Gasteiger partial charge < -0.3 is 15.2 Å². The third-order valence-electron chi connectivity index (χ3n) is 1.47. The van der Waals surface area contributed by atoms with Crippen molar-refractivity contribution in [3.8, 4) is 5.75 Å². The van der Waals surface area contributed by atoms with Crippen LogP contribution in [0.15, 0.2) is 24.3 Å². The van der Waals surface area contributed by atoms with Gasteiger partial charge in [0.15, 0.2) is 0 Å². The van der Waals surface area contributed by atoms with Gasteiger partial charge in [-0.05, 0) is 19.1 Å². The Bertz CT molecular complexity index is 248. The van der Waals surface area contributed by atoms with Crippen LogP contribution in [0.3, 0.4) is 0 Å². The summed E-state index contributed by atoms with van der Waals surface area (Å²) in [6.45, 7) is 1.66. The lowest BCUT2D eigenvalue weighted by atomic mass is 10.3. The van der Waals surface area contributed by atoms with Crippen molar-refractivity contribution in [1.82, 2.24) is 0 Å². The summed E-state index contributed by atoms with van der Waals surface area (Å²) >= 11 is 0. The molecule has 66 valence electrons. The molecular formula is C9H13NO2. The molecule has 0 saturated carbocycles. The maximum atomic E-state index is 9.06. The lowest BCUT2D eigenvalue weighted by Gasteiger charge is -2.12. The number of aliphatic hydroxyl groups is 1. The van der Waals surface area contributed by atoms with Gasteiger partial charge in [-0.2, -0.15) is 0 Å². The largest absolute Gasteiger partial charge is 0.495 e. The second-order valence-corrected chi connectivity index (χ2v) is 2.52. The van der Waals surface area contributed by atoms with Gasteiger partial charge in [-0.15, -0.1) is 0 Å². The zero-order valence-corrected chi connectivity index (χ0v) is 7.24. The molecule has 12 heavy (non-hydrogen) atoms. The molecule has 0 bridgehead atoms. The van der Waals surface area contributed by atoms with E-state index < -0.39 is 6.23 Å². The first kappa shape index (κ1) is 8.87. The molecule has 1 atom stereocenters. The van der Waals surface area contributed by atoms with E-state index in [1.165, 1.54) is 0 Å². The molecule has 1 aromatic rings. The monoisotopic (exact) mass is 167 g/mol. The van der Waals surface area contributed by atoms with Crippen molar-refractivity contribution in [3.05, 3.63) is 24.3 Å². The molecule has 3 heteroatoms. The summed E-state index contributed by atoms with van der Waals surface area (Å²) in [6, 6.07) is 7.45. The molecule has 2 N–H and O–H groups in total. The number of aliphatic hydroxyl groups excluding tert-OH is 1. The van der Waals surface area contributed by atoms with Gasteiger partial charge in [0.25, 0.3) is 0 Å². The standard InChI is InChI=1S/C9H13NO2/c1-7(11)10-8-5-3-4-6-9(8)12-2/h3-7,10-11H,1-2H3. The normalized spacial score (nSPS) is 12.2. The Morgan fingerprint density at radius 2 is 2.08 bits per heavy atom. The van der Waals surface area contributed by atoms with Crippen molar-refractivity contribution in [2.45, 2.75) is 13.2 Å². The summed E-state index contributed by atoms with van der Waals surface area (Å²) in [5.74, 6) is 0.735. The van der Waals surface area contributed by atoms with Gasteiger partial charge in [0, 0.05) is 0 Å². The van der Waals surface area contributed by atoms with E-state index in [4.69, 9.17) is 9.84 Å². The van der Waals surface area contributed by atoms with E-state index in [0.29, 0.717) is 0 Å². The average molecular weight is 167 g/mol. The minimum Gasteiger partial charge on any atom is -0.495 e. The van der Waals surface area contributed by atoms with Gasteiger partial charge in [-0.3, -0.25) is 0 Å². The summed E-state index contributed by atoms with van der Waals surface area (Å²) in [7, 11) is 1.60. The average Bonchev–Trinajstić information content (AvgIpc) is 2.04. The van der Waals surface area contributed by atoms with Crippen LogP contribution in [0, 0.1) is 0 Å². The van der Waals surface area contributed by atoms with Gasteiger partial charge >= 0.3 is 0 Å². The molecule has 1 unspecified atom stereocenters. The molecule has 3 nitrogen and oxygen atoms in total. The second-order valence-electron chi connectivity index (χ2n) is 2.52. The number of hydrogen-bond donors (Lipinski definition) is 2. The van der Waals surface area contributed by atoms with Crippen LogP contribution in [0.1, 0.15) is 6.92 Å². The number of anilines is 1. The minimum atomic E-state index is -0.568. The van der Waals surface area contributed by atoms with Crippen LogP contribution in [0.25, 0.3) is 0 Å². The van der Waals surface area contributed by atoms with Crippen LogP contribution in [-0.4, -0.2) is 18.4 Å². The van der Waals surface area contributed by atoms with Crippen LogP contribution in [0.5, 0.6) is 5.75 Å². The third kappa shape index (κ3) is 2.13. The third-order valence-corrected chi connectivity index (χ3v) is 1.47. The van der Waals surface area contributed by atoms with Crippen LogP contribution >= 0.6 is 0 Å². The van der Waals surface area contributed by atoms with E-state index in [0.717, 1.165) is 11.4 Å². The summed E-state index contributed by atoms with van der Waals surface area (Å²) in [5, 5.41) is 11.9. The first-order chi connectivity index (χ1) is 5.74. The molecule has 0 heterocycles. The van der Waals surface area contributed by atoms with Crippen molar-refractivity contribution in [1.29, 1.82) is 0 Å². The van der Waals surface area contributed by atoms with Crippen molar-refractivity contribution in [2.75, 3.05) is 12.4 Å². The highest BCUT2D eigenvalue weighted by atomic mass is 16.5. The molecule has 0 aromatic heterocycles. The van der Waals surface area contributed by atoms with Gasteiger partial charge in [0.1, 0.15) is 12.0 Å². The summed E-state index contributed by atoms with van der Waals surface area (Å²) < 4.78 is 5.07. The lowest BCUT2D eigenvalue weighted by Crippen LogP contribution is -2.13. The quantitative estimate of drug-likeness (QED) is 0.669. The topological polar surface area (TPSA) is 41.5 Å². The maximum Gasteiger partial charge on any atom is 0.142 e. The molecule has 1 rings (SSSR count). The Morgan fingerprint density at radius 3 is 2.67 bits per heavy atom. The number of methoxy groups -OCH3 is 1. The molecular weight excluding hydrogens is 154 g/mol. The minimum absolute atomic E-state index is 0.568. The van der Waals surface area contributed by atoms with Crippen LogP contribution in [-0.2, 0) is 0 Å². The summed E-state index contributed by atoms with van der Waals surface area (Å²) in [4.78, 5) is 0. The molecule has 0 aliphatic heterocycles. The number of nitrogens with one attached hydrogen (secondary N) is 1. The number of ether oxygens (including phenoxy) is 1.